The number of carbonyl (C=O) groups is 1. The van der Waals surface area contributed by atoms with Crippen molar-refractivity contribution in [1.29, 1.82) is 0 Å². The highest BCUT2D eigenvalue weighted by Gasteiger charge is 2.26. The molecule has 0 aliphatic heterocycles. The van der Waals surface area contributed by atoms with Crippen LogP contribution >= 0.6 is 0 Å². The summed E-state index contributed by atoms with van der Waals surface area (Å²) >= 11 is 0. The molecule has 1 aromatic carbocycles. The fraction of sp³-hybridized carbons (Fsp3) is 0.450. The summed E-state index contributed by atoms with van der Waals surface area (Å²) in [5.74, 6) is -0.0540. The van der Waals surface area contributed by atoms with E-state index in [9.17, 15) is 14.4 Å². The molecule has 0 fully saturated rings. The number of nitrogens with one attached hydrogen (secondary N) is 1. The van der Waals surface area contributed by atoms with E-state index in [4.69, 9.17) is 5.73 Å². The smallest absolute Gasteiger partial charge is 0.331 e. The van der Waals surface area contributed by atoms with E-state index in [0.29, 0.717) is 18.9 Å². The van der Waals surface area contributed by atoms with Crippen molar-refractivity contribution >= 4 is 5.91 Å². The number of rotatable bonds is 8. The number of nitrogens with zero attached hydrogens (tertiary/aromatic N) is 2. The molecule has 0 spiro atoms. The van der Waals surface area contributed by atoms with E-state index in [1.54, 1.807) is 0 Å². The van der Waals surface area contributed by atoms with E-state index in [1.807, 2.05) is 51.1 Å². The van der Waals surface area contributed by atoms with E-state index in [0.717, 1.165) is 10.1 Å². The van der Waals surface area contributed by atoms with Gasteiger partial charge >= 0.3 is 5.69 Å². The third-order valence-corrected chi connectivity index (χ3v) is 4.39. The van der Waals surface area contributed by atoms with Gasteiger partial charge in [0.05, 0.1) is 6.54 Å². The summed E-state index contributed by atoms with van der Waals surface area (Å²) in [6.45, 7) is 6.23. The Morgan fingerprint density at radius 2 is 1.85 bits per heavy atom. The summed E-state index contributed by atoms with van der Waals surface area (Å²) in [6, 6.07) is 10.7. The molecule has 3 N–H and O–H groups in total. The molecule has 7 nitrogen and oxygen atoms in total. The quantitative estimate of drug-likeness (QED) is 0.720. The first-order valence-electron chi connectivity index (χ1n) is 9.09. The normalized spacial score (nSPS) is 13.4. The maximum atomic E-state index is 12.7. The van der Waals surface area contributed by atoms with Crippen LogP contribution in [0, 0.1) is 5.92 Å². The Hall–Kier alpha value is -2.67. The van der Waals surface area contributed by atoms with Crippen molar-refractivity contribution in [2.24, 2.45) is 11.7 Å². The van der Waals surface area contributed by atoms with Gasteiger partial charge in [-0.2, -0.15) is 0 Å². The molecule has 0 bridgehead atoms. The molecule has 1 unspecified atom stereocenters. The van der Waals surface area contributed by atoms with Crippen LogP contribution in [-0.2, 0) is 17.9 Å². The van der Waals surface area contributed by atoms with Gasteiger partial charge in [-0.25, -0.2) is 4.79 Å². The average molecular weight is 372 g/mol. The first-order chi connectivity index (χ1) is 12.7. The summed E-state index contributed by atoms with van der Waals surface area (Å²) in [5, 5.41) is 2.87. The van der Waals surface area contributed by atoms with Gasteiger partial charge in [-0.15, -0.1) is 0 Å². The molecule has 0 radical (unpaired) electrons. The third-order valence-electron chi connectivity index (χ3n) is 4.39. The van der Waals surface area contributed by atoms with Gasteiger partial charge in [0.25, 0.3) is 5.56 Å². The van der Waals surface area contributed by atoms with Gasteiger partial charge in [0, 0.05) is 24.3 Å². The van der Waals surface area contributed by atoms with Crippen molar-refractivity contribution in [3.63, 3.8) is 0 Å². The largest absolute Gasteiger partial charge is 0.348 e. The zero-order valence-electron chi connectivity index (χ0n) is 16.1. The molecule has 1 aromatic heterocycles. The Balaban J connectivity index is 2.20. The van der Waals surface area contributed by atoms with Crippen LogP contribution in [0.1, 0.15) is 32.8 Å². The van der Waals surface area contributed by atoms with Crippen molar-refractivity contribution < 1.29 is 4.79 Å². The van der Waals surface area contributed by atoms with Crippen LogP contribution in [0.25, 0.3) is 0 Å². The van der Waals surface area contributed by atoms with Gasteiger partial charge in [0.2, 0.25) is 5.91 Å². The SMILES string of the molecule is CC(C)CC(C)(CN)NC(=O)Cn1c(=O)ccn(Cc2ccccc2)c1=O. The summed E-state index contributed by atoms with van der Waals surface area (Å²) in [7, 11) is 0. The molecule has 1 amide bonds. The van der Waals surface area contributed by atoms with E-state index in [-0.39, 0.29) is 13.1 Å². The number of carbonyl (C=O) groups excluding carboxylic acids is 1. The summed E-state index contributed by atoms with van der Waals surface area (Å²) in [5.41, 5.74) is 5.16. The number of aromatic nitrogens is 2. The molecule has 2 aromatic rings. The van der Waals surface area contributed by atoms with E-state index in [2.05, 4.69) is 5.32 Å². The Morgan fingerprint density at radius 1 is 1.19 bits per heavy atom. The molecular formula is C20H28N4O3. The van der Waals surface area contributed by atoms with Crippen molar-refractivity contribution in [3.05, 3.63) is 69.0 Å². The molecule has 27 heavy (non-hydrogen) atoms. The molecule has 146 valence electrons. The van der Waals surface area contributed by atoms with Gasteiger partial charge < -0.3 is 11.1 Å². The topological polar surface area (TPSA) is 99.1 Å². The Bertz CT molecular complexity index is 886. The number of benzene rings is 1. The standard InChI is InChI=1S/C20H28N4O3/c1-15(2)11-20(3,14-21)22-17(25)13-24-18(26)9-10-23(19(24)27)12-16-7-5-4-6-8-16/h4-10,15H,11-14,21H2,1-3H3,(H,22,25). The van der Waals surface area contributed by atoms with Crippen LogP contribution < -0.4 is 22.3 Å². The Kier molecular flexibility index (Phi) is 6.74. The van der Waals surface area contributed by atoms with Crippen LogP contribution in [0.15, 0.2) is 52.2 Å². The second-order valence-corrected chi connectivity index (χ2v) is 7.55. The fourth-order valence-electron chi connectivity index (χ4n) is 3.21. The monoisotopic (exact) mass is 372 g/mol. The van der Waals surface area contributed by atoms with E-state index >= 15 is 0 Å². The van der Waals surface area contributed by atoms with E-state index < -0.39 is 22.7 Å². The lowest BCUT2D eigenvalue weighted by Crippen LogP contribution is -2.54. The molecule has 2 rings (SSSR count). The van der Waals surface area contributed by atoms with Crippen molar-refractivity contribution in [3.8, 4) is 0 Å². The number of hydrogen-bond donors (Lipinski definition) is 2. The summed E-state index contributed by atoms with van der Waals surface area (Å²) < 4.78 is 2.37. The highest BCUT2D eigenvalue weighted by atomic mass is 16.2. The maximum Gasteiger partial charge on any atom is 0.331 e. The molecule has 0 saturated carbocycles. The number of hydrogen-bond acceptors (Lipinski definition) is 4. The van der Waals surface area contributed by atoms with Gasteiger partial charge in [-0.05, 0) is 24.8 Å². The third kappa shape index (κ3) is 5.65. The predicted molar refractivity (Wildman–Crippen MR) is 106 cm³/mol. The summed E-state index contributed by atoms with van der Waals surface area (Å²) in [6.07, 6.45) is 2.16. The zero-order chi connectivity index (χ0) is 20.0. The highest BCUT2D eigenvalue weighted by molar-refractivity contribution is 5.76. The molecule has 0 aliphatic carbocycles. The Labute approximate surface area is 158 Å². The van der Waals surface area contributed by atoms with Crippen molar-refractivity contribution in [2.45, 2.75) is 45.8 Å². The minimum atomic E-state index is -0.577. The van der Waals surface area contributed by atoms with Crippen LogP contribution in [0.2, 0.25) is 0 Å². The Morgan fingerprint density at radius 3 is 2.44 bits per heavy atom. The van der Waals surface area contributed by atoms with Gasteiger partial charge in [-0.3, -0.25) is 18.7 Å². The van der Waals surface area contributed by atoms with Crippen LogP contribution in [0.5, 0.6) is 0 Å². The lowest BCUT2D eigenvalue weighted by atomic mass is 9.91. The minimum absolute atomic E-state index is 0.277. The van der Waals surface area contributed by atoms with Gasteiger partial charge in [0.15, 0.2) is 0 Å². The molecule has 7 heteroatoms. The highest BCUT2D eigenvalue weighted by Crippen LogP contribution is 2.15. The summed E-state index contributed by atoms with van der Waals surface area (Å²) in [4.78, 5) is 37.3. The predicted octanol–water partition coefficient (Wildman–Crippen LogP) is 0.938. The second kappa shape index (κ2) is 8.81. The number of amides is 1. The first-order valence-corrected chi connectivity index (χ1v) is 9.09. The molecular weight excluding hydrogens is 344 g/mol. The van der Waals surface area contributed by atoms with E-state index in [1.165, 1.54) is 16.8 Å². The van der Waals surface area contributed by atoms with Crippen LogP contribution in [-0.4, -0.2) is 27.1 Å². The number of nitrogens with two attached hydrogens (primary N) is 1. The average Bonchev–Trinajstić information content (AvgIpc) is 2.61. The molecule has 0 saturated heterocycles. The lowest BCUT2D eigenvalue weighted by molar-refractivity contribution is -0.123. The zero-order valence-corrected chi connectivity index (χ0v) is 16.1. The van der Waals surface area contributed by atoms with Crippen LogP contribution in [0.4, 0.5) is 0 Å². The van der Waals surface area contributed by atoms with Crippen molar-refractivity contribution in [2.75, 3.05) is 6.54 Å². The fourth-order valence-corrected chi connectivity index (χ4v) is 3.21. The first kappa shape index (κ1) is 20.6. The van der Waals surface area contributed by atoms with Gasteiger partial charge in [-0.1, -0.05) is 44.2 Å². The van der Waals surface area contributed by atoms with Gasteiger partial charge in [0.1, 0.15) is 6.54 Å². The molecule has 1 atom stereocenters. The minimum Gasteiger partial charge on any atom is -0.348 e. The molecule has 1 heterocycles. The maximum absolute atomic E-state index is 12.7. The van der Waals surface area contributed by atoms with Crippen LogP contribution in [0.3, 0.4) is 0 Å². The van der Waals surface area contributed by atoms with Crippen molar-refractivity contribution in [1.82, 2.24) is 14.5 Å². The molecule has 0 aliphatic rings. The lowest BCUT2D eigenvalue weighted by Gasteiger charge is -2.31. The second-order valence-electron chi connectivity index (χ2n) is 7.55.